The Kier molecular flexibility index (Phi) is 4.45. The Bertz CT molecular complexity index is 639. The Morgan fingerprint density at radius 1 is 0.947 bits per heavy atom. The summed E-state index contributed by atoms with van der Waals surface area (Å²) in [5.41, 5.74) is 1.67. The highest BCUT2D eigenvalue weighted by molar-refractivity contribution is 8.13. The Morgan fingerprint density at radius 3 is 2.32 bits per heavy atom. The standard InChI is InChI=1S/C14H13ClO3S/c15-19(16,17)11-13-7-4-8-14(9-13)18-10-12-5-2-1-3-6-12/h1-9H,10-11H2. The second-order valence-electron chi connectivity index (χ2n) is 4.10. The fourth-order valence-electron chi connectivity index (χ4n) is 1.67. The van der Waals surface area contributed by atoms with E-state index in [2.05, 4.69) is 0 Å². The van der Waals surface area contributed by atoms with Gasteiger partial charge in [0.15, 0.2) is 0 Å². The van der Waals surface area contributed by atoms with Gasteiger partial charge in [-0.2, -0.15) is 0 Å². The number of halogens is 1. The number of hydrogen-bond acceptors (Lipinski definition) is 3. The molecule has 0 bridgehead atoms. The van der Waals surface area contributed by atoms with Crippen molar-refractivity contribution in [2.75, 3.05) is 0 Å². The summed E-state index contributed by atoms with van der Waals surface area (Å²) >= 11 is 0. The van der Waals surface area contributed by atoms with Crippen LogP contribution >= 0.6 is 10.7 Å². The quantitative estimate of drug-likeness (QED) is 0.795. The van der Waals surface area contributed by atoms with Crippen LogP contribution in [-0.4, -0.2) is 8.42 Å². The predicted molar refractivity (Wildman–Crippen MR) is 75.7 cm³/mol. The molecule has 19 heavy (non-hydrogen) atoms. The molecule has 100 valence electrons. The Morgan fingerprint density at radius 2 is 1.63 bits per heavy atom. The summed E-state index contributed by atoms with van der Waals surface area (Å²) < 4.78 is 27.6. The number of ether oxygens (including phenoxy) is 1. The second-order valence-corrected chi connectivity index (χ2v) is 6.88. The van der Waals surface area contributed by atoms with Crippen LogP contribution in [0.2, 0.25) is 0 Å². The molecule has 0 aromatic heterocycles. The molecule has 0 saturated heterocycles. The van der Waals surface area contributed by atoms with Gasteiger partial charge < -0.3 is 4.74 Å². The fourth-order valence-corrected chi connectivity index (χ4v) is 2.62. The van der Waals surface area contributed by atoms with E-state index in [-0.39, 0.29) is 5.75 Å². The highest BCUT2D eigenvalue weighted by Gasteiger charge is 2.07. The van der Waals surface area contributed by atoms with Crippen LogP contribution in [0.25, 0.3) is 0 Å². The average Bonchev–Trinajstić information content (AvgIpc) is 2.36. The van der Waals surface area contributed by atoms with E-state index in [1.165, 1.54) is 0 Å². The number of benzene rings is 2. The zero-order chi connectivity index (χ0) is 13.7. The molecule has 0 heterocycles. The molecule has 0 amide bonds. The van der Waals surface area contributed by atoms with Gasteiger partial charge in [0.1, 0.15) is 12.4 Å². The molecule has 0 aliphatic heterocycles. The highest BCUT2D eigenvalue weighted by Crippen LogP contribution is 2.18. The van der Waals surface area contributed by atoms with E-state index in [9.17, 15) is 8.42 Å². The van der Waals surface area contributed by atoms with Crippen molar-refractivity contribution in [2.24, 2.45) is 0 Å². The molecular weight excluding hydrogens is 284 g/mol. The molecule has 0 aliphatic rings. The van der Waals surface area contributed by atoms with Gasteiger partial charge in [-0.05, 0) is 23.3 Å². The monoisotopic (exact) mass is 296 g/mol. The first-order valence-corrected chi connectivity index (χ1v) is 8.19. The van der Waals surface area contributed by atoms with Gasteiger partial charge in [0, 0.05) is 10.7 Å². The van der Waals surface area contributed by atoms with E-state index in [1.807, 2.05) is 30.3 Å². The molecule has 0 saturated carbocycles. The van der Waals surface area contributed by atoms with Gasteiger partial charge in [-0.1, -0.05) is 42.5 Å². The molecule has 0 aliphatic carbocycles. The summed E-state index contributed by atoms with van der Waals surface area (Å²) in [6.45, 7) is 0.442. The van der Waals surface area contributed by atoms with E-state index in [1.54, 1.807) is 24.3 Å². The lowest BCUT2D eigenvalue weighted by molar-refractivity contribution is 0.306. The van der Waals surface area contributed by atoms with Crippen molar-refractivity contribution in [1.29, 1.82) is 0 Å². The normalized spacial score (nSPS) is 11.2. The molecule has 5 heteroatoms. The van der Waals surface area contributed by atoms with E-state index in [0.29, 0.717) is 17.9 Å². The van der Waals surface area contributed by atoms with Crippen molar-refractivity contribution >= 4 is 19.7 Å². The number of hydrogen-bond donors (Lipinski definition) is 0. The summed E-state index contributed by atoms with van der Waals surface area (Å²) in [6, 6.07) is 16.7. The Hall–Kier alpha value is -1.52. The zero-order valence-electron chi connectivity index (χ0n) is 10.1. The molecule has 2 aromatic carbocycles. The van der Waals surface area contributed by atoms with Gasteiger partial charge in [0.2, 0.25) is 9.05 Å². The second kappa shape index (κ2) is 6.08. The lowest BCUT2D eigenvalue weighted by Crippen LogP contribution is -1.98. The topological polar surface area (TPSA) is 43.4 Å². The third-order valence-corrected chi connectivity index (χ3v) is 3.49. The van der Waals surface area contributed by atoms with Gasteiger partial charge in [-0.3, -0.25) is 0 Å². The van der Waals surface area contributed by atoms with Crippen molar-refractivity contribution in [3.05, 3.63) is 65.7 Å². The first-order valence-electron chi connectivity index (χ1n) is 5.71. The summed E-state index contributed by atoms with van der Waals surface area (Å²) in [5.74, 6) is 0.429. The molecule has 0 spiro atoms. The molecule has 0 N–H and O–H groups in total. The first-order chi connectivity index (χ1) is 9.03. The van der Waals surface area contributed by atoms with Crippen LogP contribution in [0.3, 0.4) is 0 Å². The molecule has 3 nitrogen and oxygen atoms in total. The maximum Gasteiger partial charge on any atom is 0.236 e. The van der Waals surface area contributed by atoms with Crippen LogP contribution in [0.1, 0.15) is 11.1 Å². The van der Waals surface area contributed by atoms with Crippen LogP contribution in [0.15, 0.2) is 54.6 Å². The summed E-state index contributed by atoms with van der Waals surface area (Å²) in [4.78, 5) is 0. The fraction of sp³-hybridized carbons (Fsp3) is 0.143. The van der Waals surface area contributed by atoms with Crippen LogP contribution < -0.4 is 4.74 Å². The van der Waals surface area contributed by atoms with Crippen molar-refractivity contribution in [3.8, 4) is 5.75 Å². The maximum absolute atomic E-state index is 11.0. The summed E-state index contributed by atoms with van der Waals surface area (Å²) in [6.07, 6.45) is 0. The molecule has 2 aromatic rings. The minimum atomic E-state index is -3.54. The van der Waals surface area contributed by atoms with Crippen LogP contribution in [0.4, 0.5) is 0 Å². The lowest BCUT2D eigenvalue weighted by atomic mass is 10.2. The third kappa shape index (κ3) is 4.93. The van der Waals surface area contributed by atoms with E-state index >= 15 is 0 Å². The molecule has 0 atom stereocenters. The minimum absolute atomic E-state index is 0.197. The summed E-state index contributed by atoms with van der Waals surface area (Å²) in [5, 5.41) is 0. The van der Waals surface area contributed by atoms with Crippen molar-refractivity contribution in [1.82, 2.24) is 0 Å². The first kappa shape index (κ1) is 13.9. The molecule has 2 rings (SSSR count). The third-order valence-electron chi connectivity index (χ3n) is 2.49. The van der Waals surface area contributed by atoms with E-state index in [0.717, 1.165) is 5.56 Å². The predicted octanol–water partition coefficient (Wildman–Crippen LogP) is 3.33. The van der Waals surface area contributed by atoms with Crippen LogP contribution in [0, 0.1) is 0 Å². The molecule has 0 unspecified atom stereocenters. The van der Waals surface area contributed by atoms with Gasteiger partial charge in [-0.15, -0.1) is 0 Å². The SMILES string of the molecule is O=S(=O)(Cl)Cc1cccc(OCc2ccccc2)c1. The lowest BCUT2D eigenvalue weighted by Gasteiger charge is -2.07. The zero-order valence-corrected chi connectivity index (χ0v) is 11.7. The number of rotatable bonds is 5. The van der Waals surface area contributed by atoms with Crippen molar-refractivity contribution < 1.29 is 13.2 Å². The minimum Gasteiger partial charge on any atom is -0.489 e. The van der Waals surface area contributed by atoms with Gasteiger partial charge in [-0.25, -0.2) is 8.42 Å². The molecule has 0 fully saturated rings. The smallest absolute Gasteiger partial charge is 0.236 e. The van der Waals surface area contributed by atoms with Gasteiger partial charge in [0.05, 0.1) is 5.75 Å². The largest absolute Gasteiger partial charge is 0.489 e. The molecular formula is C14H13ClO3S. The van der Waals surface area contributed by atoms with E-state index < -0.39 is 9.05 Å². The Balaban J connectivity index is 2.03. The average molecular weight is 297 g/mol. The van der Waals surface area contributed by atoms with Crippen LogP contribution in [0.5, 0.6) is 5.75 Å². The highest BCUT2D eigenvalue weighted by atomic mass is 35.7. The Labute approximate surface area is 117 Å². The summed E-state index contributed by atoms with van der Waals surface area (Å²) in [7, 11) is 1.68. The maximum atomic E-state index is 11.0. The van der Waals surface area contributed by atoms with E-state index in [4.69, 9.17) is 15.4 Å². The van der Waals surface area contributed by atoms with Crippen molar-refractivity contribution in [3.63, 3.8) is 0 Å². The van der Waals surface area contributed by atoms with Crippen molar-refractivity contribution in [2.45, 2.75) is 12.4 Å². The van der Waals surface area contributed by atoms with Gasteiger partial charge in [0.25, 0.3) is 0 Å². The van der Waals surface area contributed by atoms with Gasteiger partial charge >= 0.3 is 0 Å². The molecule has 0 radical (unpaired) electrons. The van der Waals surface area contributed by atoms with Crippen LogP contribution in [-0.2, 0) is 21.4 Å².